The third-order valence-electron chi connectivity index (χ3n) is 3.73. The molecule has 0 bridgehead atoms. The van der Waals surface area contributed by atoms with E-state index in [1.165, 1.54) is 0 Å². The summed E-state index contributed by atoms with van der Waals surface area (Å²) in [6.07, 6.45) is 4.45. The number of H-pyrrole nitrogens is 1. The fourth-order valence-corrected chi connectivity index (χ4v) is 3.38. The molecule has 2 N–H and O–H groups in total. The SMILES string of the molecule is Brc1cnc2nc(-c3ccc(OCCCNc4nccs4)cc3)[nH]c2c1. The van der Waals surface area contributed by atoms with Crippen LogP contribution < -0.4 is 10.1 Å². The average molecular weight is 430 g/mol. The van der Waals surface area contributed by atoms with Crippen LogP contribution in [0.1, 0.15) is 6.42 Å². The number of nitrogens with zero attached hydrogens (tertiary/aromatic N) is 3. The van der Waals surface area contributed by atoms with Crippen molar-refractivity contribution < 1.29 is 4.74 Å². The number of pyridine rings is 1. The minimum absolute atomic E-state index is 0.653. The molecule has 4 aromatic rings. The van der Waals surface area contributed by atoms with Crippen molar-refractivity contribution in [2.45, 2.75) is 6.42 Å². The van der Waals surface area contributed by atoms with E-state index in [4.69, 9.17) is 4.74 Å². The minimum Gasteiger partial charge on any atom is -0.494 e. The summed E-state index contributed by atoms with van der Waals surface area (Å²) in [7, 11) is 0. The smallest absolute Gasteiger partial charge is 0.182 e. The topological polar surface area (TPSA) is 75.7 Å². The molecule has 0 spiro atoms. The highest BCUT2D eigenvalue weighted by molar-refractivity contribution is 9.10. The van der Waals surface area contributed by atoms with Crippen molar-refractivity contribution in [3.8, 4) is 17.1 Å². The Hall–Kier alpha value is -2.45. The van der Waals surface area contributed by atoms with Gasteiger partial charge in [0.25, 0.3) is 0 Å². The van der Waals surface area contributed by atoms with Crippen LogP contribution in [0.25, 0.3) is 22.6 Å². The summed E-state index contributed by atoms with van der Waals surface area (Å²) in [4.78, 5) is 16.3. The number of hydrogen-bond acceptors (Lipinski definition) is 6. The Kier molecular flexibility index (Phi) is 5.12. The molecule has 6 nitrogen and oxygen atoms in total. The van der Waals surface area contributed by atoms with Gasteiger partial charge in [-0.1, -0.05) is 0 Å². The van der Waals surface area contributed by atoms with Crippen LogP contribution in [-0.4, -0.2) is 33.1 Å². The molecule has 0 aliphatic rings. The van der Waals surface area contributed by atoms with Crippen LogP contribution in [0.5, 0.6) is 5.75 Å². The van der Waals surface area contributed by atoms with E-state index in [2.05, 4.69) is 41.2 Å². The Bertz CT molecular complexity index is 985. The quantitative estimate of drug-likeness (QED) is 0.415. The highest BCUT2D eigenvalue weighted by Crippen LogP contribution is 2.23. The van der Waals surface area contributed by atoms with E-state index in [0.29, 0.717) is 12.3 Å². The number of aromatic nitrogens is 4. The van der Waals surface area contributed by atoms with Crippen LogP contribution in [-0.2, 0) is 0 Å². The Labute approximate surface area is 162 Å². The monoisotopic (exact) mass is 429 g/mol. The van der Waals surface area contributed by atoms with Gasteiger partial charge in [-0.15, -0.1) is 11.3 Å². The third kappa shape index (κ3) is 4.03. The zero-order valence-electron chi connectivity index (χ0n) is 13.8. The molecule has 0 aliphatic carbocycles. The summed E-state index contributed by atoms with van der Waals surface area (Å²) in [6, 6.07) is 9.88. The summed E-state index contributed by atoms with van der Waals surface area (Å²) in [5.74, 6) is 1.64. The first kappa shape index (κ1) is 17.0. The standard InChI is InChI=1S/C18H16BrN5OS/c19-13-10-15-17(22-11-13)24-16(23-15)12-2-4-14(5-3-12)25-8-1-6-20-18-21-7-9-26-18/h2-5,7,9-11H,1,6,8H2,(H,20,21)(H,22,23,24). The minimum atomic E-state index is 0.653. The van der Waals surface area contributed by atoms with Gasteiger partial charge in [-0.2, -0.15) is 0 Å². The molecule has 3 aromatic heterocycles. The molecule has 0 atom stereocenters. The number of thiazole rings is 1. The van der Waals surface area contributed by atoms with Crippen molar-refractivity contribution in [1.82, 2.24) is 19.9 Å². The molecule has 132 valence electrons. The molecular weight excluding hydrogens is 414 g/mol. The lowest BCUT2D eigenvalue weighted by molar-refractivity contribution is 0.315. The maximum absolute atomic E-state index is 5.78. The van der Waals surface area contributed by atoms with Crippen molar-refractivity contribution in [3.63, 3.8) is 0 Å². The Morgan fingerprint density at radius 3 is 2.88 bits per heavy atom. The third-order valence-corrected chi connectivity index (χ3v) is 4.89. The predicted octanol–water partition coefficient (Wildman–Crippen LogP) is 4.72. The van der Waals surface area contributed by atoms with Crippen LogP contribution in [0, 0.1) is 0 Å². The van der Waals surface area contributed by atoms with Gasteiger partial charge in [0.2, 0.25) is 0 Å². The summed E-state index contributed by atoms with van der Waals surface area (Å²) < 4.78 is 6.71. The number of ether oxygens (including phenoxy) is 1. The summed E-state index contributed by atoms with van der Waals surface area (Å²) in [6.45, 7) is 1.49. The van der Waals surface area contributed by atoms with Crippen LogP contribution in [0.2, 0.25) is 0 Å². The molecule has 4 rings (SSSR count). The number of halogens is 1. The van der Waals surface area contributed by atoms with Crippen LogP contribution >= 0.6 is 27.3 Å². The molecule has 1 aromatic carbocycles. The molecule has 0 fully saturated rings. The Morgan fingerprint density at radius 1 is 1.19 bits per heavy atom. The molecule has 26 heavy (non-hydrogen) atoms. The summed E-state index contributed by atoms with van der Waals surface area (Å²) >= 11 is 5.02. The van der Waals surface area contributed by atoms with Crippen molar-refractivity contribution in [2.75, 3.05) is 18.5 Å². The van der Waals surface area contributed by atoms with Gasteiger partial charge in [-0.25, -0.2) is 15.0 Å². The highest BCUT2D eigenvalue weighted by atomic mass is 79.9. The molecule has 0 radical (unpaired) electrons. The molecule has 0 saturated carbocycles. The van der Waals surface area contributed by atoms with E-state index in [0.717, 1.165) is 45.2 Å². The second-order valence-corrected chi connectivity index (χ2v) is 7.41. The van der Waals surface area contributed by atoms with Gasteiger partial charge in [-0.05, 0) is 52.7 Å². The average Bonchev–Trinajstić information content (AvgIpc) is 3.31. The zero-order valence-corrected chi connectivity index (χ0v) is 16.2. The second kappa shape index (κ2) is 7.84. The van der Waals surface area contributed by atoms with Gasteiger partial charge in [0.1, 0.15) is 11.6 Å². The van der Waals surface area contributed by atoms with E-state index in [1.54, 1.807) is 23.7 Å². The van der Waals surface area contributed by atoms with Crippen molar-refractivity contribution >= 4 is 43.6 Å². The molecule has 0 aliphatic heterocycles. The van der Waals surface area contributed by atoms with E-state index in [-0.39, 0.29) is 0 Å². The fourth-order valence-electron chi connectivity index (χ4n) is 2.49. The predicted molar refractivity (Wildman–Crippen MR) is 108 cm³/mol. The van der Waals surface area contributed by atoms with Crippen LogP contribution in [0.4, 0.5) is 5.13 Å². The first-order valence-corrected chi connectivity index (χ1v) is 9.83. The lowest BCUT2D eigenvalue weighted by atomic mass is 10.2. The normalized spacial score (nSPS) is 11.0. The van der Waals surface area contributed by atoms with Gasteiger partial charge in [0.05, 0.1) is 12.1 Å². The number of hydrogen-bond donors (Lipinski definition) is 2. The zero-order chi connectivity index (χ0) is 17.8. The van der Waals surface area contributed by atoms with Gasteiger partial charge in [0, 0.05) is 34.4 Å². The lowest BCUT2D eigenvalue weighted by Crippen LogP contribution is -2.06. The van der Waals surface area contributed by atoms with Gasteiger partial charge in [-0.3, -0.25) is 0 Å². The number of imidazole rings is 1. The number of nitrogens with one attached hydrogen (secondary N) is 2. The maximum atomic E-state index is 5.78. The number of fused-ring (bicyclic) bond motifs is 1. The van der Waals surface area contributed by atoms with Gasteiger partial charge in [0.15, 0.2) is 10.8 Å². The van der Waals surface area contributed by atoms with Crippen molar-refractivity contribution in [3.05, 3.63) is 52.6 Å². The Morgan fingerprint density at radius 2 is 2.08 bits per heavy atom. The molecule has 0 amide bonds. The molecule has 8 heteroatoms. The van der Waals surface area contributed by atoms with Gasteiger partial charge >= 0.3 is 0 Å². The maximum Gasteiger partial charge on any atom is 0.182 e. The molecular formula is C18H16BrN5OS. The van der Waals surface area contributed by atoms with Crippen LogP contribution in [0.3, 0.4) is 0 Å². The molecule has 0 saturated heterocycles. The van der Waals surface area contributed by atoms with Gasteiger partial charge < -0.3 is 15.0 Å². The fraction of sp³-hybridized carbons (Fsp3) is 0.167. The van der Waals surface area contributed by atoms with Crippen molar-refractivity contribution in [1.29, 1.82) is 0 Å². The Balaban J connectivity index is 1.32. The van der Waals surface area contributed by atoms with E-state index >= 15 is 0 Å². The van der Waals surface area contributed by atoms with Crippen molar-refractivity contribution in [2.24, 2.45) is 0 Å². The molecule has 0 unspecified atom stereocenters. The van der Waals surface area contributed by atoms with E-state index < -0.39 is 0 Å². The number of rotatable bonds is 7. The molecule has 3 heterocycles. The number of benzene rings is 1. The lowest BCUT2D eigenvalue weighted by Gasteiger charge is -2.07. The largest absolute Gasteiger partial charge is 0.494 e. The second-order valence-electron chi connectivity index (χ2n) is 5.60. The number of anilines is 1. The van der Waals surface area contributed by atoms with Crippen LogP contribution in [0.15, 0.2) is 52.6 Å². The van der Waals surface area contributed by atoms with E-state index in [1.807, 2.05) is 35.7 Å². The van der Waals surface area contributed by atoms with E-state index in [9.17, 15) is 0 Å². The highest BCUT2D eigenvalue weighted by Gasteiger charge is 2.07. The summed E-state index contributed by atoms with van der Waals surface area (Å²) in [5.41, 5.74) is 2.61. The number of aromatic amines is 1. The first-order valence-electron chi connectivity index (χ1n) is 8.16. The first-order chi connectivity index (χ1) is 12.8. The summed E-state index contributed by atoms with van der Waals surface area (Å²) in [5, 5.41) is 6.17.